The van der Waals surface area contributed by atoms with Crippen LogP contribution in [0.25, 0.3) is 0 Å². The van der Waals surface area contributed by atoms with E-state index in [1.54, 1.807) is 5.67 Å². The fraction of sp³-hybridized carbons (Fsp3) is 1.00. The van der Waals surface area contributed by atoms with E-state index in [1.807, 2.05) is 0 Å². The molecule has 0 amide bonds. The predicted octanol–water partition coefficient (Wildman–Crippen LogP) is 0.856. The van der Waals surface area contributed by atoms with E-state index in [0.717, 1.165) is 6.04 Å². The van der Waals surface area contributed by atoms with Gasteiger partial charge in [0.05, 0.1) is 9.68 Å². The second kappa shape index (κ2) is 6.79. The molecule has 0 spiro atoms. The van der Waals surface area contributed by atoms with E-state index < -0.39 is 0 Å². The Labute approximate surface area is 88.6 Å². The van der Waals surface area contributed by atoms with E-state index in [-0.39, 0.29) is 9.68 Å². The van der Waals surface area contributed by atoms with E-state index in [4.69, 9.17) is 0 Å². The van der Waals surface area contributed by atoms with Crippen LogP contribution in [0, 0.1) is 0 Å². The van der Waals surface area contributed by atoms with Gasteiger partial charge < -0.3 is 4.57 Å². The highest BCUT2D eigenvalue weighted by Gasteiger charge is 2.19. The maximum Gasteiger partial charge on any atom is 0.0920 e. The normalized spacial score (nSPS) is 20.8. The average Bonchev–Trinajstić information content (AvgIpc) is 2.19. The summed E-state index contributed by atoms with van der Waals surface area (Å²) in [5.41, 5.74) is 1.59. The fourth-order valence-electron chi connectivity index (χ4n) is 2.50. The van der Waals surface area contributed by atoms with Gasteiger partial charge in [0.25, 0.3) is 0 Å². The van der Waals surface area contributed by atoms with Gasteiger partial charge in [0.15, 0.2) is 0 Å². The topological polar surface area (TPSA) is 3.24 Å². The van der Waals surface area contributed by atoms with E-state index in [0.29, 0.717) is 0 Å². The first-order valence-corrected chi connectivity index (χ1v) is 9.17. The first-order chi connectivity index (χ1) is 6.38. The van der Waals surface area contributed by atoms with E-state index in [2.05, 4.69) is 11.5 Å². The summed E-state index contributed by atoms with van der Waals surface area (Å²) in [5.74, 6) is 0. The van der Waals surface area contributed by atoms with Crippen molar-refractivity contribution >= 4 is 19.9 Å². The molecule has 1 nitrogen and oxygen atoms in total. The molecule has 1 saturated carbocycles. The Morgan fingerprint density at radius 2 is 2.00 bits per heavy atom. The van der Waals surface area contributed by atoms with Crippen molar-refractivity contribution in [3.05, 3.63) is 0 Å². The Hall–Kier alpha value is 0.394. The zero-order valence-electron chi connectivity index (χ0n) is 9.39. The van der Waals surface area contributed by atoms with Crippen LogP contribution in [0.1, 0.15) is 45.4 Å². The van der Waals surface area contributed by atoms with E-state index in [9.17, 15) is 0 Å². The van der Waals surface area contributed by atoms with Gasteiger partial charge in [-0.25, -0.2) is 0 Å². The van der Waals surface area contributed by atoms with Crippen molar-refractivity contribution in [2.75, 3.05) is 6.54 Å². The molecule has 0 aromatic heterocycles. The largest absolute Gasteiger partial charge is 0.327 e. The lowest BCUT2D eigenvalue weighted by Gasteiger charge is -2.34. The molecule has 78 valence electrons. The molecule has 0 radical (unpaired) electrons. The molecule has 1 aliphatic rings. The molecular formula is C10H25NSi2. The Kier molecular flexibility index (Phi) is 5.99. The van der Waals surface area contributed by atoms with Gasteiger partial charge in [-0.05, 0) is 25.8 Å². The third-order valence-electron chi connectivity index (χ3n) is 3.11. The number of hydrogen-bond donors (Lipinski definition) is 0. The molecule has 0 bridgehead atoms. The maximum absolute atomic E-state index is 2.90. The first-order valence-electron chi connectivity index (χ1n) is 6.12. The van der Waals surface area contributed by atoms with Crippen LogP contribution in [0.4, 0.5) is 0 Å². The molecular weight excluding hydrogens is 190 g/mol. The van der Waals surface area contributed by atoms with Crippen molar-refractivity contribution in [2.24, 2.45) is 0 Å². The molecule has 0 saturated heterocycles. The van der Waals surface area contributed by atoms with Crippen molar-refractivity contribution in [3.8, 4) is 0 Å². The van der Waals surface area contributed by atoms with Crippen LogP contribution >= 0.6 is 0 Å². The maximum atomic E-state index is 2.90. The molecule has 1 fully saturated rings. The van der Waals surface area contributed by atoms with Gasteiger partial charge in [0.1, 0.15) is 0 Å². The van der Waals surface area contributed by atoms with Crippen molar-refractivity contribution in [3.63, 3.8) is 0 Å². The lowest BCUT2D eigenvalue weighted by Crippen LogP contribution is -2.40. The Bertz CT molecular complexity index is 118. The molecule has 0 unspecified atom stereocenters. The average molecular weight is 215 g/mol. The summed E-state index contributed by atoms with van der Waals surface area (Å²) in [5, 5.41) is 0. The van der Waals surface area contributed by atoms with Crippen LogP contribution in [-0.2, 0) is 0 Å². The zero-order valence-corrected chi connectivity index (χ0v) is 12.8. The van der Waals surface area contributed by atoms with Crippen LogP contribution in [0.15, 0.2) is 0 Å². The second-order valence-corrected chi connectivity index (χ2v) is 9.59. The van der Waals surface area contributed by atoms with E-state index in [1.165, 1.54) is 55.3 Å². The molecule has 0 aromatic rings. The third kappa shape index (κ3) is 3.96. The number of hydrogen-bond acceptors (Lipinski definition) is 1. The van der Waals surface area contributed by atoms with Gasteiger partial charge in [-0.1, -0.05) is 31.9 Å². The summed E-state index contributed by atoms with van der Waals surface area (Å²) in [4.78, 5) is 0. The zero-order chi connectivity index (χ0) is 9.52. The minimum absolute atomic E-state index is 0.175. The molecule has 1 aliphatic carbocycles. The highest BCUT2D eigenvalue weighted by molar-refractivity contribution is 6.44. The van der Waals surface area contributed by atoms with Gasteiger partial charge in [-0.3, -0.25) is 0 Å². The van der Waals surface area contributed by atoms with Crippen LogP contribution in [0.2, 0.25) is 5.67 Å². The van der Waals surface area contributed by atoms with Crippen LogP contribution in [-0.4, -0.2) is 37.1 Å². The molecule has 0 heterocycles. The van der Waals surface area contributed by atoms with Gasteiger partial charge in [-0.2, -0.15) is 0 Å². The Morgan fingerprint density at radius 1 is 1.31 bits per heavy atom. The molecule has 0 aliphatic heterocycles. The SMILES string of the molecule is CCCN([SiH2]C[SiH3])C1CCCCC1. The Morgan fingerprint density at radius 3 is 2.54 bits per heavy atom. The van der Waals surface area contributed by atoms with Gasteiger partial charge in [0, 0.05) is 16.3 Å². The Balaban J connectivity index is 2.32. The molecule has 1 rings (SSSR count). The third-order valence-corrected chi connectivity index (χ3v) is 6.31. The standard InChI is InChI=1S/C10H25NSi2/c1-2-8-11(13-9-12)10-6-4-3-5-7-10/h10H,2-9,13H2,1,12H3. The van der Waals surface area contributed by atoms with Crippen molar-refractivity contribution < 1.29 is 0 Å². The van der Waals surface area contributed by atoms with Gasteiger partial charge >= 0.3 is 0 Å². The summed E-state index contributed by atoms with van der Waals surface area (Å²) < 4.78 is 2.90. The molecule has 0 atom stereocenters. The van der Waals surface area contributed by atoms with E-state index >= 15 is 0 Å². The second-order valence-electron chi connectivity index (χ2n) is 4.33. The van der Waals surface area contributed by atoms with Crippen molar-refractivity contribution in [1.29, 1.82) is 0 Å². The van der Waals surface area contributed by atoms with Crippen molar-refractivity contribution in [1.82, 2.24) is 4.57 Å². The fourth-order valence-corrected chi connectivity index (χ4v) is 6.07. The molecule has 13 heavy (non-hydrogen) atoms. The molecule has 3 heteroatoms. The van der Waals surface area contributed by atoms with Gasteiger partial charge in [-0.15, -0.1) is 0 Å². The minimum atomic E-state index is 0.175. The summed E-state index contributed by atoms with van der Waals surface area (Å²) >= 11 is 0. The highest BCUT2D eigenvalue weighted by Crippen LogP contribution is 2.22. The molecule has 0 aromatic carbocycles. The van der Waals surface area contributed by atoms with Gasteiger partial charge in [0.2, 0.25) is 0 Å². The first kappa shape index (κ1) is 11.5. The minimum Gasteiger partial charge on any atom is -0.327 e. The lowest BCUT2D eigenvalue weighted by molar-refractivity contribution is 0.258. The monoisotopic (exact) mass is 215 g/mol. The highest BCUT2D eigenvalue weighted by atomic mass is 28.3. The lowest BCUT2D eigenvalue weighted by atomic mass is 9.95. The summed E-state index contributed by atoms with van der Waals surface area (Å²) in [6.45, 7) is 3.73. The van der Waals surface area contributed by atoms with Crippen LogP contribution in [0.3, 0.4) is 0 Å². The number of rotatable bonds is 5. The van der Waals surface area contributed by atoms with Crippen LogP contribution in [0.5, 0.6) is 0 Å². The predicted molar refractivity (Wildman–Crippen MR) is 67.2 cm³/mol. The number of nitrogens with zero attached hydrogens (tertiary/aromatic N) is 1. The summed E-state index contributed by atoms with van der Waals surface area (Å²) in [7, 11) is 1.61. The quantitative estimate of drug-likeness (QED) is 0.615. The van der Waals surface area contributed by atoms with Crippen LogP contribution < -0.4 is 0 Å². The molecule has 0 N–H and O–H groups in total. The summed E-state index contributed by atoms with van der Waals surface area (Å²) in [6, 6.07) is 1.01. The summed E-state index contributed by atoms with van der Waals surface area (Å²) in [6.07, 6.45) is 8.88. The smallest absolute Gasteiger partial charge is 0.0920 e. The van der Waals surface area contributed by atoms with Crippen molar-refractivity contribution in [2.45, 2.75) is 57.2 Å².